The Bertz CT molecular complexity index is 1370. The molecule has 4 rings (SSSR count). The highest BCUT2D eigenvalue weighted by Crippen LogP contribution is 2.23. The smallest absolute Gasteiger partial charge is 0.347 e. The number of aromatic nitrogens is 1. The van der Waals surface area contributed by atoms with Gasteiger partial charge in [-0.25, -0.2) is 9.78 Å². The maximum atomic E-state index is 11.8. The summed E-state index contributed by atoms with van der Waals surface area (Å²) in [5, 5.41) is 20.2. The summed E-state index contributed by atoms with van der Waals surface area (Å²) >= 11 is 0. The topological polar surface area (TPSA) is 165 Å². The zero-order valence-electron chi connectivity index (χ0n) is 19.7. The Balaban J connectivity index is 0.000000259. The fourth-order valence-corrected chi connectivity index (χ4v) is 2.79. The largest absolute Gasteiger partial charge is 0.507 e. The minimum Gasteiger partial charge on any atom is -0.507 e. The molecule has 1 heterocycles. The number of ether oxygens (including phenoxy) is 1. The molecular formula is C26H25ClN6O4. The van der Waals surface area contributed by atoms with Crippen LogP contribution < -0.4 is 21.5 Å². The molecule has 190 valence electrons. The predicted octanol–water partition coefficient (Wildman–Crippen LogP) is 5.65. The van der Waals surface area contributed by atoms with Crippen molar-refractivity contribution in [3.63, 3.8) is 0 Å². The Morgan fingerprint density at radius 1 is 0.865 bits per heavy atom. The van der Waals surface area contributed by atoms with Gasteiger partial charge in [-0.05, 0) is 60.7 Å². The van der Waals surface area contributed by atoms with E-state index in [4.69, 9.17) is 16.2 Å². The van der Waals surface area contributed by atoms with Crippen molar-refractivity contribution >= 4 is 53.0 Å². The number of rotatable bonds is 5. The Morgan fingerprint density at radius 3 is 2.14 bits per heavy atom. The van der Waals surface area contributed by atoms with Crippen LogP contribution in [0.25, 0.3) is 0 Å². The van der Waals surface area contributed by atoms with E-state index >= 15 is 0 Å². The molecule has 0 saturated carbocycles. The Morgan fingerprint density at radius 2 is 1.51 bits per heavy atom. The van der Waals surface area contributed by atoms with E-state index in [-0.39, 0.29) is 35.4 Å². The number of amides is 1. The van der Waals surface area contributed by atoms with Gasteiger partial charge in [0.25, 0.3) is 0 Å². The van der Waals surface area contributed by atoms with E-state index in [1.165, 1.54) is 19.1 Å². The predicted molar refractivity (Wildman–Crippen MR) is 145 cm³/mol. The molecule has 0 spiro atoms. The molecule has 11 heteroatoms. The molecule has 0 aliphatic heterocycles. The number of carbonyl (C=O) groups is 2. The van der Waals surface area contributed by atoms with Gasteiger partial charge in [0.2, 0.25) is 5.91 Å². The highest BCUT2D eigenvalue weighted by atomic mass is 35.5. The summed E-state index contributed by atoms with van der Waals surface area (Å²) < 4.78 is 5.13. The van der Waals surface area contributed by atoms with Crippen LogP contribution in [0.2, 0.25) is 0 Å². The number of aromatic hydroxyl groups is 1. The SMILES string of the molecule is CC(=O)Nc1ccc(OC(=O)c2ccccc2O)cc1.Cl.Nc1ccc(N=Nc2ccccc2)c(N)n1. The van der Waals surface area contributed by atoms with Gasteiger partial charge in [0.15, 0.2) is 5.82 Å². The van der Waals surface area contributed by atoms with Crippen LogP contribution in [0.3, 0.4) is 0 Å². The van der Waals surface area contributed by atoms with Crippen LogP contribution in [0.15, 0.2) is 101 Å². The summed E-state index contributed by atoms with van der Waals surface area (Å²) in [5.41, 5.74) is 13.1. The molecule has 0 aliphatic rings. The van der Waals surface area contributed by atoms with Crippen molar-refractivity contribution in [3.8, 4) is 11.5 Å². The van der Waals surface area contributed by atoms with Gasteiger partial charge in [0, 0.05) is 12.6 Å². The summed E-state index contributed by atoms with van der Waals surface area (Å²) in [5.74, 6) is 0.0230. The quantitative estimate of drug-likeness (QED) is 0.150. The van der Waals surface area contributed by atoms with Gasteiger partial charge < -0.3 is 26.6 Å². The van der Waals surface area contributed by atoms with E-state index in [9.17, 15) is 14.7 Å². The molecule has 0 saturated heterocycles. The van der Waals surface area contributed by atoms with E-state index in [0.717, 1.165) is 5.69 Å². The molecule has 10 nitrogen and oxygen atoms in total. The molecule has 6 N–H and O–H groups in total. The van der Waals surface area contributed by atoms with Crippen LogP contribution in [0.4, 0.5) is 28.7 Å². The van der Waals surface area contributed by atoms with Crippen molar-refractivity contribution in [1.82, 2.24) is 4.98 Å². The average molecular weight is 521 g/mol. The number of carbonyl (C=O) groups excluding carboxylic acids is 2. The zero-order valence-corrected chi connectivity index (χ0v) is 20.6. The summed E-state index contributed by atoms with van der Waals surface area (Å²) in [7, 11) is 0. The standard InChI is InChI=1S/C15H13NO4.C11H11N5.ClH/c1-10(17)16-11-6-8-12(9-7-11)20-15(19)13-4-2-3-5-14(13)18;12-10-7-6-9(11(13)14-10)16-15-8-4-2-1-3-5-8;/h2-9,18H,1H3,(H,16,17);1-7H,(H4,12,13,14);1H. The number of azo groups is 1. The number of esters is 1. The normalized spacial score (nSPS) is 9.97. The number of halogens is 1. The fourth-order valence-electron chi connectivity index (χ4n) is 2.79. The number of benzene rings is 3. The molecule has 0 unspecified atom stereocenters. The molecule has 0 radical (unpaired) electrons. The number of phenolic OH excluding ortho intramolecular Hbond substituents is 1. The van der Waals surface area contributed by atoms with Crippen LogP contribution in [-0.4, -0.2) is 22.0 Å². The number of pyridine rings is 1. The fraction of sp³-hybridized carbons (Fsp3) is 0.0385. The molecule has 3 aromatic carbocycles. The number of nitrogens with two attached hydrogens (primary N) is 2. The Hall–Kier alpha value is -4.96. The third kappa shape index (κ3) is 8.96. The molecule has 0 atom stereocenters. The van der Waals surface area contributed by atoms with Gasteiger partial charge in [-0.3, -0.25) is 4.79 Å². The van der Waals surface area contributed by atoms with Crippen molar-refractivity contribution in [2.24, 2.45) is 10.2 Å². The van der Waals surface area contributed by atoms with E-state index in [2.05, 4.69) is 20.5 Å². The monoisotopic (exact) mass is 520 g/mol. The van der Waals surface area contributed by atoms with Crippen molar-refractivity contribution in [1.29, 1.82) is 0 Å². The number of nitrogens with one attached hydrogen (secondary N) is 1. The molecular weight excluding hydrogens is 496 g/mol. The Labute approximate surface area is 219 Å². The van der Waals surface area contributed by atoms with Crippen LogP contribution >= 0.6 is 12.4 Å². The molecule has 4 aromatic rings. The number of nitrogen functional groups attached to an aromatic ring is 2. The Kier molecular flexibility index (Phi) is 10.6. The number of hydrogen-bond acceptors (Lipinski definition) is 9. The van der Waals surface area contributed by atoms with Crippen LogP contribution in [0.5, 0.6) is 11.5 Å². The molecule has 0 aliphatic carbocycles. The summed E-state index contributed by atoms with van der Waals surface area (Å²) in [4.78, 5) is 26.6. The van der Waals surface area contributed by atoms with Gasteiger partial charge in [-0.15, -0.1) is 17.5 Å². The van der Waals surface area contributed by atoms with Crippen LogP contribution in [0.1, 0.15) is 17.3 Å². The minimum absolute atomic E-state index is 0. The average Bonchev–Trinajstić information content (AvgIpc) is 2.86. The summed E-state index contributed by atoms with van der Waals surface area (Å²) in [6.45, 7) is 1.41. The lowest BCUT2D eigenvalue weighted by Crippen LogP contribution is -2.09. The molecule has 1 amide bonds. The second kappa shape index (κ2) is 13.8. The highest BCUT2D eigenvalue weighted by molar-refractivity contribution is 5.94. The van der Waals surface area contributed by atoms with Gasteiger partial charge in [0.1, 0.15) is 28.6 Å². The maximum absolute atomic E-state index is 11.8. The third-order valence-corrected chi connectivity index (χ3v) is 4.46. The zero-order chi connectivity index (χ0) is 25.9. The molecule has 0 fully saturated rings. The summed E-state index contributed by atoms with van der Waals surface area (Å²) in [6.07, 6.45) is 0. The van der Waals surface area contributed by atoms with Crippen molar-refractivity contribution < 1.29 is 19.4 Å². The first-order chi connectivity index (χ1) is 17.3. The first-order valence-electron chi connectivity index (χ1n) is 10.7. The number of phenols is 1. The summed E-state index contributed by atoms with van der Waals surface area (Å²) in [6, 6.07) is 25.2. The lowest BCUT2D eigenvalue weighted by Gasteiger charge is -2.07. The first kappa shape index (κ1) is 28.3. The van der Waals surface area contributed by atoms with Gasteiger partial charge in [0.05, 0.1) is 5.69 Å². The van der Waals surface area contributed by atoms with Crippen molar-refractivity contribution in [2.45, 2.75) is 6.92 Å². The molecule has 37 heavy (non-hydrogen) atoms. The van der Waals surface area contributed by atoms with E-state index < -0.39 is 5.97 Å². The number of hydrogen-bond donors (Lipinski definition) is 4. The second-order valence-electron chi connectivity index (χ2n) is 7.29. The number of para-hydroxylation sites is 1. The number of anilines is 3. The van der Waals surface area contributed by atoms with Crippen molar-refractivity contribution in [2.75, 3.05) is 16.8 Å². The maximum Gasteiger partial charge on any atom is 0.347 e. The van der Waals surface area contributed by atoms with E-state index in [1.807, 2.05) is 30.3 Å². The first-order valence-corrected chi connectivity index (χ1v) is 10.7. The van der Waals surface area contributed by atoms with Gasteiger partial charge in [-0.1, -0.05) is 30.3 Å². The lowest BCUT2D eigenvalue weighted by atomic mass is 10.2. The molecule has 1 aromatic heterocycles. The second-order valence-corrected chi connectivity index (χ2v) is 7.29. The van der Waals surface area contributed by atoms with Crippen LogP contribution in [0, 0.1) is 0 Å². The van der Waals surface area contributed by atoms with Crippen molar-refractivity contribution in [3.05, 3.63) is 96.6 Å². The van der Waals surface area contributed by atoms with Gasteiger partial charge in [-0.2, -0.15) is 5.11 Å². The van der Waals surface area contributed by atoms with E-state index in [0.29, 0.717) is 22.9 Å². The minimum atomic E-state index is -0.643. The molecule has 0 bridgehead atoms. The van der Waals surface area contributed by atoms with Gasteiger partial charge >= 0.3 is 5.97 Å². The third-order valence-electron chi connectivity index (χ3n) is 4.46. The van der Waals surface area contributed by atoms with Crippen LogP contribution in [-0.2, 0) is 4.79 Å². The van der Waals surface area contributed by atoms with E-state index in [1.54, 1.807) is 48.5 Å². The highest BCUT2D eigenvalue weighted by Gasteiger charge is 2.12. The lowest BCUT2D eigenvalue weighted by molar-refractivity contribution is -0.114. The number of nitrogens with zero attached hydrogens (tertiary/aromatic N) is 3.